The van der Waals surface area contributed by atoms with Crippen LogP contribution in [0.25, 0.3) is 11.1 Å². The monoisotopic (exact) mass is 380 g/mol. The molecule has 1 unspecified atom stereocenters. The van der Waals surface area contributed by atoms with E-state index < -0.39 is 0 Å². The number of amides is 2. The zero-order chi connectivity index (χ0) is 18.6. The predicted octanol–water partition coefficient (Wildman–Crippen LogP) is 3.32. The Morgan fingerprint density at radius 1 is 1.00 bits per heavy atom. The molecule has 1 saturated carbocycles. The summed E-state index contributed by atoms with van der Waals surface area (Å²) in [5, 5.41) is 3.01. The minimum Gasteiger partial charge on any atom is -0.354 e. The average Bonchev–Trinajstić information content (AvgIpc) is 3.40. The first-order valence-corrected chi connectivity index (χ1v) is 10.7. The van der Waals surface area contributed by atoms with E-state index in [9.17, 15) is 9.59 Å². The number of thioether (sulfide) groups is 1. The van der Waals surface area contributed by atoms with E-state index in [1.807, 2.05) is 30.3 Å². The van der Waals surface area contributed by atoms with Gasteiger partial charge in [-0.1, -0.05) is 54.6 Å². The third kappa shape index (κ3) is 4.53. The molecule has 2 fully saturated rings. The molecule has 2 aromatic rings. The van der Waals surface area contributed by atoms with Crippen LogP contribution in [0.15, 0.2) is 54.6 Å². The normalized spacial score (nSPS) is 19.1. The first-order chi connectivity index (χ1) is 13.2. The lowest BCUT2D eigenvalue weighted by molar-refractivity contribution is -0.137. The van der Waals surface area contributed by atoms with Crippen molar-refractivity contribution >= 4 is 23.6 Å². The first-order valence-electron chi connectivity index (χ1n) is 9.50. The Morgan fingerprint density at radius 3 is 2.41 bits per heavy atom. The highest BCUT2D eigenvalue weighted by Crippen LogP contribution is 2.28. The number of benzene rings is 2. The highest BCUT2D eigenvalue weighted by molar-refractivity contribution is 7.99. The topological polar surface area (TPSA) is 49.4 Å². The molecule has 1 saturated heterocycles. The predicted molar refractivity (Wildman–Crippen MR) is 109 cm³/mol. The molecule has 140 valence electrons. The molecule has 0 bridgehead atoms. The second-order valence-corrected chi connectivity index (χ2v) is 8.31. The molecule has 4 nitrogen and oxygen atoms in total. The highest BCUT2D eigenvalue weighted by Gasteiger charge is 2.35. The molecular weight excluding hydrogens is 356 g/mol. The van der Waals surface area contributed by atoms with Gasteiger partial charge >= 0.3 is 0 Å². The molecule has 2 amide bonds. The van der Waals surface area contributed by atoms with Crippen LogP contribution in [-0.4, -0.2) is 40.9 Å². The van der Waals surface area contributed by atoms with Gasteiger partial charge in [0.2, 0.25) is 11.8 Å². The van der Waals surface area contributed by atoms with Crippen LogP contribution in [0.3, 0.4) is 0 Å². The summed E-state index contributed by atoms with van der Waals surface area (Å²) in [4.78, 5) is 26.9. The number of hydrogen-bond acceptors (Lipinski definition) is 3. The standard InChI is InChI=1S/C22H24N2O2S/c25-21(24-15-27-14-20(24)22(26)23-13-17-6-7-17)12-16-8-10-19(11-9-16)18-4-2-1-3-5-18/h1-5,8-11,17,20H,6-7,12-15H2,(H,23,26). The number of nitrogens with zero attached hydrogens (tertiary/aromatic N) is 1. The van der Waals surface area contributed by atoms with Crippen molar-refractivity contribution in [1.29, 1.82) is 0 Å². The quantitative estimate of drug-likeness (QED) is 0.836. The van der Waals surface area contributed by atoms with E-state index in [1.165, 1.54) is 18.4 Å². The molecule has 2 aromatic carbocycles. The minimum atomic E-state index is -0.329. The summed E-state index contributed by atoms with van der Waals surface area (Å²) in [6.45, 7) is 0.753. The van der Waals surface area contributed by atoms with Gasteiger partial charge in [-0.05, 0) is 35.4 Å². The zero-order valence-corrected chi connectivity index (χ0v) is 16.1. The molecule has 1 atom stereocenters. The maximum absolute atomic E-state index is 12.8. The molecule has 1 aliphatic carbocycles. The van der Waals surface area contributed by atoms with Gasteiger partial charge in [0, 0.05) is 12.3 Å². The van der Waals surface area contributed by atoms with Crippen LogP contribution in [0.4, 0.5) is 0 Å². The lowest BCUT2D eigenvalue weighted by atomic mass is 10.0. The minimum absolute atomic E-state index is 0.000300. The highest BCUT2D eigenvalue weighted by atomic mass is 32.2. The largest absolute Gasteiger partial charge is 0.354 e. The lowest BCUT2D eigenvalue weighted by Gasteiger charge is -2.23. The summed E-state index contributed by atoms with van der Waals surface area (Å²) in [6.07, 6.45) is 2.75. The van der Waals surface area contributed by atoms with Crippen molar-refractivity contribution in [2.24, 2.45) is 5.92 Å². The summed E-state index contributed by atoms with van der Waals surface area (Å²) in [5.41, 5.74) is 3.29. The molecule has 27 heavy (non-hydrogen) atoms. The Hall–Kier alpha value is -2.27. The van der Waals surface area contributed by atoms with Gasteiger partial charge in [-0.2, -0.15) is 0 Å². The molecule has 2 aliphatic rings. The second kappa shape index (κ2) is 8.17. The third-order valence-electron chi connectivity index (χ3n) is 5.18. The Balaban J connectivity index is 1.36. The number of nitrogens with one attached hydrogen (secondary N) is 1. The molecule has 1 heterocycles. The smallest absolute Gasteiger partial charge is 0.243 e. The number of carbonyl (C=O) groups excluding carboxylic acids is 2. The van der Waals surface area contributed by atoms with E-state index in [0.29, 0.717) is 24.0 Å². The van der Waals surface area contributed by atoms with E-state index in [-0.39, 0.29) is 17.9 Å². The Labute approximate surface area is 164 Å². The van der Waals surface area contributed by atoms with Gasteiger partial charge in [0.05, 0.1) is 12.3 Å². The Kier molecular flexibility index (Phi) is 5.48. The van der Waals surface area contributed by atoms with Crippen molar-refractivity contribution in [3.05, 3.63) is 60.2 Å². The first kappa shape index (κ1) is 18.1. The van der Waals surface area contributed by atoms with Crippen molar-refractivity contribution in [2.75, 3.05) is 18.2 Å². The van der Waals surface area contributed by atoms with Crippen molar-refractivity contribution in [2.45, 2.75) is 25.3 Å². The van der Waals surface area contributed by atoms with Crippen molar-refractivity contribution < 1.29 is 9.59 Å². The van der Waals surface area contributed by atoms with Gasteiger partial charge in [0.15, 0.2) is 0 Å². The zero-order valence-electron chi connectivity index (χ0n) is 15.3. The van der Waals surface area contributed by atoms with Crippen LogP contribution < -0.4 is 5.32 Å². The van der Waals surface area contributed by atoms with Gasteiger partial charge in [-0.25, -0.2) is 0 Å². The van der Waals surface area contributed by atoms with Crippen LogP contribution in [0, 0.1) is 5.92 Å². The molecule has 0 radical (unpaired) electrons. The summed E-state index contributed by atoms with van der Waals surface area (Å²) >= 11 is 1.65. The van der Waals surface area contributed by atoms with Gasteiger partial charge in [0.25, 0.3) is 0 Å². The third-order valence-corrected chi connectivity index (χ3v) is 6.20. The van der Waals surface area contributed by atoms with Gasteiger partial charge in [-0.3, -0.25) is 9.59 Å². The van der Waals surface area contributed by atoms with Crippen LogP contribution in [0.5, 0.6) is 0 Å². The molecule has 0 aromatic heterocycles. The second-order valence-electron chi connectivity index (χ2n) is 7.31. The fraction of sp³-hybridized carbons (Fsp3) is 0.364. The lowest BCUT2D eigenvalue weighted by Crippen LogP contribution is -2.48. The van der Waals surface area contributed by atoms with Gasteiger partial charge in [-0.15, -0.1) is 11.8 Å². The summed E-state index contributed by atoms with van der Waals surface area (Å²) < 4.78 is 0. The van der Waals surface area contributed by atoms with E-state index in [2.05, 4.69) is 29.6 Å². The fourth-order valence-electron chi connectivity index (χ4n) is 3.31. The van der Waals surface area contributed by atoms with E-state index in [1.54, 1.807) is 16.7 Å². The maximum Gasteiger partial charge on any atom is 0.243 e. The van der Waals surface area contributed by atoms with Crippen molar-refractivity contribution in [1.82, 2.24) is 10.2 Å². The molecule has 5 heteroatoms. The van der Waals surface area contributed by atoms with E-state index >= 15 is 0 Å². The number of rotatable bonds is 6. The fourth-order valence-corrected chi connectivity index (χ4v) is 4.49. The van der Waals surface area contributed by atoms with E-state index in [4.69, 9.17) is 0 Å². The number of carbonyl (C=O) groups is 2. The van der Waals surface area contributed by atoms with Crippen LogP contribution in [-0.2, 0) is 16.0 Å². The summed E-state index contributed by atoms with van der Waals surface area (Å²) in [5.74, 6) is 1.96. The van der Waals surface area contributed by atoms with E-state index in [0.717, 1.165) is 17.7 Å². The average molecular weight is 381 g/mol. The van der Waals surface area contributed by atoms with Crippen LogP contribution >= 0.6 is 11.8 Å². The summed E-state index contributed by atoms with van der Waals surface area (Å²) in [7, 11) is 0. The molecule has 1 aliphatic heterocycles. The Bertz CT molecular complexity index is 803. The SMILES string of the molecule is O=C(NCC1CC1)C1CSCN1C(=O)Cc1ccc(-c2ccccc2)cc1. The summed E-state index contributed by atoms with van der Waals surface area (Å²) in [6, 6.07) is 18.0. The number of hydrogen-bond donors (Lipinski definition) is 1. The molecule has 0 spiro atoms. The molecule has 1 N–H and O–H groups in total. The van der Waals surface area contributed by atoms with Crippen LogP contribution in [0.2, 0.25) is 0 Å². The van der Waals surface area contributed by atoms with Gasteiger partial charge < -0.3 is 10.2 Å². The molecular formula is C22H24N2O2S. The Morgan fingerprint density at radius 2 is 1.70 bits per heavy atom. The van der Waals surface area contributed by atoms with Crippen molar-refractivity contribution in [3.63, 3.8) is 0 Å². The maximum atomic E-state index is 12.8. The van der Waals surface area contributed by atoms with Gasteiger partial charge in [0.1, 0.15) is 6.04 Å². The van der Waals surface area contributed by atoms with Crippen LogP contribution in [0.1, 0.15) is 18.4 Å². The molecule has 4 rings (SSSR count). The van der Waals surface area contributed by atoms with Crippen molar-refractivity contribution in [3.8, 4) is 11.1 Å².